The van der Waals surface area contributed by atoms with E-state index in [2.05, 4.69) is 10.1 Å². The third kappa shape index (κ3) is 6.81. The molecule has 0 unspecified atom stereocenters. The lowest BCUT2D eigenvalue weighted by molar-refractivity contribution is -0.147. The molecule has 0 saturated carbocycles. The van der Waals surface area contributed by atoms with Crippen molar-refractivity contribution in [3.05, 3.63) is 59.7 Å². The molecule has 0 saturated heterocycles. The second-order valence-corrected chi connectivity index (χ2v) is 5.69. The van der Waals surface area contributed by atoms with Crippen LogP contribution in [-0.2, 0) is 19.1 Å². The summed E-state index contributed by atoms with van der Waals surface area (Å²) in [6.45, 7) is 1.74. The fourth-order valence-electron chi connectivity index (χ4n) is 2.11. The minimum Gasteiger partial charge on any atom is -0.493 e. The molecule has 7 heteroatoms. The maximum Gasteiger partial charge on any atom is 0.337 e. The molecule has 142 valence electrons. The zero-order chi connectivity index (χ0) is 19.6. The summed E-state index contributed by atoms with van der Waals surface area (Å²) < 4.78 is 14.9. The van der Waals surface area contributed by atoms with Gasteiger partial charge in [0.1, 0.15) is 5.75 Å². The number of ether oxygens (including phenoxy) is 3. The molecule has 2 aromatic carbocycles. The number of methoxy groups -OCH3 is 1. The molecule has 27 heavy (non-hydrogen) atoms. The lowest BCUT2D eigenvalue weighted by Crippen LogP contribution is -2.21. The van der Waals surface area contributed by atoms with E-state index >= 15 is 0 Å². The molecule has 0 heterocycles. The number of esters is 2. The largest absolute Gasteiger partial charge is 0.493 e. The first-order valence-electron chi connectivity index (χ1n) is 8.31. The molecule has 0 radical (unpaired) electrons. The van der Waals surface area contributed by atoms with Crippen LogP contribution in [0.5, 0.6) is 5.75 Å². The first kappa shape index (κ1) is 20.0. The Kier molecular flexibility index (Phi) is 7.37. The van der Waals surface area contributed by atoms with Crippen molar-refractivity contribution in [2.45, 2.75) is 13.3 Å². The molecule has 0 aliphatic heterocycles. The molecule has 0 aromatic heterocycles. The Morgan fingerprint density at radius 2 is 1.63 bits per heavy atom. The van der Waals surface area contributed by atoms with Crippen LogP contribution in [0.3, 0.4) is 0 Å². The van der Waals surface area contributed by atoms with Gasteiger partial charge in [0.15, 0.2) is 6.61 Å². The van der Waals surface area contributed by atoms with Crippen LogP contribution in [0.25, 0.3) is 0 Å². The Balaban J connectivity index is 1.67. The van der Waals surface area contributed by atoms with Gasteiger partial charge in [0.25, 0.3) is 5.91 Å². The highest BCUT2D eigenvalue weighted by molar-refractivity contribution is 5.94. The Bertz CT molecular complexity index is 783. The van der Waals surface area contributed by atoms with Crippen molar-refractivity contribution in [2.75, 3.05) is 25.6 Å². The summed E-state index contributed by atoms with van der Waals surface area (Å²) >= 11 is 0. The third-order valence-electron chi connectivity index (χ3n) is 3.55. The Morgan fingerprint density at radius 1 is 0.963 bits per heavy atom. The van der Waals surface area contributed by atoms with E-state index in [0.29, 0.717) is 17.0 Å². The molecule has 0 atom stereocenters. The highest BCUT2D eigenvalue weighted by Gasteiger charge is 2.09. The molecule has 2 rings (SSSR count). The van der Waals surface area contributed by atoms with E-state index in [-0.39, 0.29) is 13.0 Å². The van der Waals surface area contributed by atoms with E-state index in [9.17, 15) is 14.4 Å². The molecule has 7 nitrogen and oxygen atoms in total. The predicted octanol–water partition coefficient (Wildman–Crippen LogP) is 2.73. The van der Waals surface area contributed by atoms with Gasteiger partial charge in [-0.2, -0.15) is 0 Å². The van der Waals surface area contributed by atoms with Gasteiger partial charge in [-0.05, 0) is 43.3 Å². The Morgan fingerprint density at radius 3 is 2.26 bits per heavy atom. The van der Waals surface area contributed by atoms with Crippen LogP contribution in [0.15, 0.2) is 48.5 Å². The second-order valence-electron chi connectivity index (χ2n) is 5.69. The van der Waals surface area contributed by atoms with Gasteiger partial charge in [-0.1, -0.05) is 17.7 Å². The van der Waals surface area contributed by atoms with Gasteiger partial charge in [-0.25, -0.2) is 4.79 Å². The predicted molar refractivity (Wildman–Crippen MR) is 98.7 cm³/mol. The van der Waals surface area contributed by atoms with Crippen molar-refractivity contribution >= 4 is 23.5 Å². The highest BCUT2D eigenvalue weighted by atomic mass is 16.5. The molecular formula is C20H21NO6. The fraction of sp³-hybridized carbons (Fsp3) is 0.250. The van der Waals surface area contributed by atoms with Gasteiger partial charge in [-0.3, -0.25) is 9.59 Å². The van der Waals surface area contributed by atoms with Crippen molar-refractivity contribution in [2.24, 2.45) is 0 Å². The van der Waals surface area contributed by atoms with Crippen LogP contribution in [0, 0.1) is 6.92 Å². The number of hydrogen-bond acceptors (Lipinski definition) is 6. The molecule has 0 aliphatic carbocycles. The van der Waals surface area contributed by atoms with Crippen LogP contribution in [0.4, 0.5) is 5.69 Å². The zero-order valence-electron chi connectivity index (χ0n) is 15.2. The quantitative estimate of drug-likeness (QED) is 0.718. The van der Waals surface area contributed by atoms with E-state index in [1.165, 1.54) is 19.2 Å². The number of carbonyl (C=O) groups is 3. The summed E-state index contributed by atoms with van der Waals surface area (Å²) in [4.78, 5) is 34.8. The topological polar surface area (TPSA) is 90.9 Å². The van der Waals surface area contributed by atoms with Gasteiger partial charge < -0.3 is 19.5 Å². The van der Waals surface area contributed by atoms with E-state index in [4.69, 9.17) is 9.47 Å². The van der Waals surface area contributed by atoms with E-state index < -0.39 is 24.5 Å². The van der Waals surface area contributed by atoms with E-state index in [0.717, 1.165) is 5.56 Å². The number of aryl methyl sites for hydroxylation is 1. The average Bonchev–Trinajstić information content (AvgIpc) is 2.68. The average molecular weight is 371 g/mol. The Labute approximate surface area is 157 Å². The van der Waals surface area contributed by atoms with Crippen molar-refractivity contribution < 1.29 is 28.6 Å². The number of carbonyl (C=O) groups excluding carboxylic acids is 3. The standard InChI is InChI=1S/C20H21NO6/c1-14-3-9-17(10-4-14)26-12-11-19(23)27-13-18(22)21-16-7-5-15(6-8-16)20(24)25-2/h3-10H,11-13H2,1-2H3,(H,21,22). The van der Waals surface area contributed by atoms with Gasteiger partial charge in [-0.15, -0.1) is 0 Å². The van der Waals surface area contributed by atoms with E-state index in [1.54, 1.807) is 12.1 Å². The minimum atomic E-state index is -0.529. The third-order valence-corrected chi connectivity index (χ3v) is 3.55. The lowest BCUT2D eigenvalue weighted by Gasteiger charge is -2.08. The van der Waals surface area contributed by atoms with Crippen molar-refractivity contribution in [1.82, 2.24) is 0 Å². The maximum atomic E-state index is 11.8. The van der Waals surface area contributed by atoms with Crippen LogP contribution >= 0.6 is 0 Å². The van der Waals surface area contributed by atoms with Crippen molar-refractivity contribution in [1.29, 1.82) is 0 Å². The summed E-state index contributed by atoms with van der Waals surface area (Å²) in [6, 6.07) is 13.6. The Hall–Kier alpha value is -3.35. The van der Waals surface area contributed by atoms with Crippen LogP contribution in [0.1, 0.15) is 22.3 Å². The SMILES string of the molecule is COC(=O)c1ccc(NC(=O)COC(=O)CCOc2ccc(C)cc2)cc1. The molecule has 0 bridgehead atoms. The summed E-state index contributed by atoms with van der Waals surface area (Å²) in [5.41, 5.74) is 1.97. The van der Waals surface area contributed by atoms with Crippen LogP contribution in [-0.4, -0.2) is 38.2 Å². The van der Waals surface area contributed by atoms with Gasteiger partial charge in [0.2, 0.25) is 0 Å². The van der Waals surface area contributed by atoms with Gasteiger partial charge in [0, 0.05) is 5.69 Å². The summed E-state index contributed by atoms with van der Waals surface area (Å²) in [6.07, 6.45) is 0.0367. The molecular weight excluding hydrogens is 350 g/mol. The fourth-order valence-corrected chi connectivity index (χ4v) is 2.11. The molecule has 0 aliphatic rings. The van der Waals surface area contributed by atoms with Crippen LogP contribution < -0.4 is 10.1 Å². The second kappa shape index (κ2) is 9.96. The number of hydrogen-bond donors (Lipinski definition) is 1. The van der Waals surface area contributed by atoms with E-state index in [1.807, 2.05) is 31.2 Å². The first-order chi connectivity index (χ1) is 13.0. The molecule has 2 aromatic rings. The number of benzene rings is 2. The summed E-state index contributed by atoms with van der Waals surface area (Å²) in [7, 11) is 1.29. The lowest BCUT2D eigenvalue weighted by atomic mass is 10.2. The zero-order valence-corrected chi connectivity index (χ0v) is 15.2. The number of rotatable bonds is 8. The monoisotopic (exact) mass is 371 g/mol. The molecule has 0 spiro atoms. The number of amides is 1. The van der Waals surface area contributed by atoms with Gasteiger partial charge >= 0.3 is 11.9 Å². The summed E-state index contributed by atoms with van der Waals surface area (Å²) in [5.74, 6) is -0.803. The highest BCUT2D eigenvalue weighted by Crippen LogP contribution is 2.12. The molecule has 0 fully saturated rings. The molecule has 1 N–H and O–H groups in total. The normalized spacial score (nSPS) is 10.0. The number of nitrogens with one attached hydrogen (secondary N) is 1. The molecule has 1 amide bonds. The van der Waals surface area contributed by atoms with Gasteiger partial charge in [0.05, 0.1) is 25.7 Å². The van der Waals surface area contributed by atoms with Crippen LogP contribution in [0.2, 0.25) is 0 Å². The van der Waals surface area contributed by atoms with Crippen molar-refractivity contribution in [3.8, 4) is 5.75 Å². The summed E-state index contributed by atoms with van der Waals surface area (Å²) in [5, 5.41) is 2.57. The first-order valence-corrected chi connectivity index (χ1v) is 8.31. The van der Waals surface area contributed by atoms with Crippen molar-refractivity contribution in [3.63, 3.8) is 0 Å². The number of anilines is 1. The smallest absolute Gasteiger partial charge is 0.337 e. The maximum absolute atomic E-state index is 11.8. The minimum absolute atomic E-state index is 0.0367.